The van der Waals surface area contributed by atoms with Crippen LogP contribution in [0.1, 0.15) is 30.1 Å². The average Bonchev–Trinajstić information content (AvgIpc) is 2.35. The maximum atomic E-state index is 12.2. The van der Waals surface area contributed by atoms with E-state index in [-0.39, 0.29) is 5.78 Å². The van der Waals surface area contributed by atoms with E-state index in [9.17, 15) is 4.79 Å². The van der Waals surface area contributed by atoms with E-state index in [1.54, 1.807) is 12.1 Å². The quantitative estimate of drug-likeness (QED) is 0.593. The third-order valence-corrected chi connectivity index (χ3v) is 3.23. The predicted molar refractivity (Wildman–Crippen MR) is 77.3 cm³/mol. The molecule has 0 spiro atoms. The molecule has 0 aromatic heterocycles. The van der Waals surface area contributed by atoms with E-state index < -0.39 is 0 Å². The molecule has 2 unspecified atom stereocenters. The zero-order valence-corrected chi connectivity index (χ0v) is 12.7. The number of ether oxygens (including phenoxy) is 2. The van der Waals surface area contributed by atoms with Crippen LogP contribution in [0.3, 0.4) is 0 Å². The molecule has 5 heteroatoms. The Morgan fingerprint density at radius 3 is 2.56 bits per heavy atom. The zero-order chi connectivity index (χ0) is 13.7. The molecule has 100 valence electrons. The molecular weight excluding hydrogens is 271 g/mol. The van der Waals surface area contributed by atoms with E-state index in [2.05, 4.69) is 9.24 Å². The van der Waals surface area contributed by atoms with Gasteiger partial charge in [0.15, 0.2) is 11.5 Å². The van der Waals surface area contributed by atoms with Gasteiger partial charge in [0, 0.05) is 6.42 Å². The van der Waals surface area contributed by atoms with Crippen molar-refractivity contribution in [2.75, 3.05) is 14.2 Å². The van der Waals surface area contributed by atoms with Crippen LogP contribution in [0.5, 0.6) is 11.5 Å². The molecule has 0 N–H and O–H groups in total. The maximum absolute atomic E-state index is 12.2. The van der Waals surface area contributed by atoms with Crippen molar-refractivity contribution in [3.63, 3.8) is 0 Å². The van der Waals surface area contributed by atoms with Gasteiger partial charge in [0.2, 0.25) is 0 Å². The number of rotatable bonds is 6. The van der Waals surface area contributed by atoms with Gasteiger partial charge >= 0.3 is 0 Å². The number of methoxy groups -OCH3 is 2. The highest BCUT2D eigenvalue weighted by Gasteiger charge is 2.20. The van der Waals surface area contributed by atoms with E-state index in [1.807, 2.05) is 6.92 Å². The topological polar surface area (TPSA) is 35.5 Å². The molecule has 0 fully saturated rings. The average molecular weight is 289 g/mol. The Morgan fingerprint density at radius 2 is 2.06 bits per heavy atom. The number of benzene rings is 1. The summed E-state index contributed by atoms with van der Waals surface area (Å²) < 4.78 is 10.4. The van der Waals surface area contributed by atoms with E-state index >= 15 is 0 Å². The van der Waals surface area contributed by atoms with E-state index in [0.717, 1.165) is 6.42 Å². The summed E-state index contributed by atoms with van der Waals surface area (Å²) in [4.78, 5) is 12.2. The monoisotopic (exact) mass is 288 g/mol. The van der Waals surface area contributed by atoms with Gasteiger partial charge < -0.3 is 9.47 Å². The van der Waals surface area contributed by atoms with Gasteiger partial charge in [-0.25, -0.2) is 0 Å². The lowest BCUT2D eigenvalue weighted by atomic mass is 10.0. The van der Waals surface area contributed by atoms with Crippen LogP contribution in [0.4, 0.5) is 0 Å². The Morgan fingerprint density at radius 1 is 1.39 bits per heavy atom. The molecule has 0 aliphatic heterocycles. The van der Waals surface area contributed by atoms with Crippen molar-refractivity contribution in [2.45, 2.75) is 25.4 Å². The molecule has 18 heavy (non-hydrogen) atoms. The molecule has 0 aliphatic rings. The lowest BCUT2D eigenvalue weighted by Crippen LogP contribution is -2.07. The molecule has 0 radical (unpaired) electrons. The number of hydrogen-bond acceptors (Lipinski definition) is 3. The minimum Gasteiger partial charge on any atom is -0.496 e. The van der Waals surface area contributed by atoms with Gasteiger partial charge in [-0.3, -0.25) is 4.79 Å². The van der Waals surface area contributed by atoms with Gasteiger partial charge in [-0.15, -0.1) is 9.24 Å². The summed E-state index contributed by atoms with van der Waals surface area (Å²) in [5, 5.41) is 0.417. The first-order chi connectivity index (χ1) is 8.51. The van der Waals surface area contributed by atoms with Crippen molar-refractivity contribution >= 4 is 26.6 Å². The van der Waals surface area contributed by atoms with Crippen LogP contribution in [0.15, 0.2) is 12.1 Å². The van der Waals surface area contributed by atoms with Gasteiger partial charge in [-0.2, -0.15) is 0 Å². The molecule has 0 bridgehead atoms. The largest absolute Gasteiger partial charge is 0.496 e. The number of halogens is 1. The molecule has 0 amide bonds. The van der Waals surface area contributed by atoms with Crippen LogP contribution in [-0.2, 0) is 0 Å². The van der Waals surface area contributed by atoms with Gasteiger partial charge in [-0.05, 0) is 24.2 Å². The van der Waals surface area contributed by atoms with Gasteiger partial charge in [0.25, 0.3) is 0 Å². The third kappa shape index (κ3) is 3.60. The Labute approximate surface area is 115 Å². The summed E-state index contributed by atoms with van der Waals surface area (Å²) >= 11 is 6.03. The molecule has 1 rings (SSSR count). The molecule has 1 aromatic carbocycles. The lowest BCUT2D eigenvalue weighted by Gasteiger charge is -2.14. The zero-order valence-electron chi connectivity index (χ0n) is 10.8. The number of hydrogen-bond donors (Lipinski definition) is 0. The summed E-state index contributed by atoms with van der Waals surface area (Å²) in [7, 11) is 5.70. The molecular formula is C13H18ClO3P. The molecule has 2 atom stereocenters. The highest BCUT2D eigenvalue weighted by molar-refractivity contribution is 7.17. The summed E-state index contributed by atoms with van der Waals surface area (Å²) in [6.45, 7) is 2.05. The van der Waals surface area contributed by atoms with E-state index in [4.69, 9.17) is 21.1 Å². The molecule has 0 aliphatic carbocycles. The first-order valence-electron chi connectivity index (χ1n) is 5.70. The summed E-state index contributed by atoms with van der Waals surface area (Å²) in [6, 6.07) is 3.34. The molecule has 3 nitrogen and oxygen atoms in total. The fourth-order valence-corrected chi connectivity index (χ4v) is 2.06. The second-order valence-corrected chi connectivity index (χ2v) is 5.64. The smallest absolute Gasteiger partial charge is 0.170 e. The van der Waals surface area contributed by atoms with Crippen LogP contribution in [0.25, 0.3) is 0 Å². The van der Waals surface area contributed by atoms with Gasteiger partial charge in [0.05, 0.1) is 19.2 Å². The number of ketones is 1. The van der Waals surface area contributed by atoms with Crippen LogP contribution >= 0.6 is 20.8 Å². The standard InChI is InChI=1S/C13H18ClO3P/c1-8(18)4-6-10(15)12-11(16-2)7-5-9(14)13(12)17-3/h5,7-8H,4,6,18H2,1-3H3. The Balaban J connectivity index is 3.11. The minimum atomic E-state index is -0.0134. The maximum Gasteiger partial charge on any atom is 0.170 e. The van der Waals surface area contributed by atoms with Crippen molar-refractivity contribution in [3.05, 3.63) is 22.7 Å². The van der Waals surface area contributed by atoms with Crippen LogP contribution in [0.2, 0.25) is 5.02 Å². The first-order valence-corrected chi connectivity index (χ1v) is 6.75. The fraction of sp³-hybridized carbons (Fsp3) is 0.462. The fourth-order valence-electron chi connectivity index (χ4n) is 1.66. The summed E-state index contributed by atoms with van der Waals surface area (Å²) in [5.74, 6) is 0.871. The van der Waals surface area contributed by atoms with Crippen LogP contribution < -0.4 is 9.47 Å². The van der Waals surface area contributed by atoms with Crippen LogP contribution in [0, 0.1) is 0 Å². The van der Waals surface area contributed by atoms with Crippen LogP contribution in [-0.4, -0.2) is 25.7 Å². The molecule has 0 saturated carbocycles. The van der Waals surface area contributed by atoms with Crippen molar-refractivity contribution in [2.24, 2.45) is 0 Å². The first kappa shape index (κ1) is 15.3. The van der Waals surface area contributed by atoms with Crippen molar-refractivity contribution in [3.8, 4) is 11.5 Å². The normalized spacial score (nSPS) is 12.1. The third-order valence-electron chi connectivity index (χ3n) is 2.60. The van der Waals surface area contributed by atoms with Crippen molar-refractivity contribution < 1.29 is 14.3 Å². The molecule has 0 saturated heterocycles. The van der Waals surface area contributed by atoms with E-state index in [1.165, 1.54) is 14.2 Å². The Hall–Kier alpha value is -0.790. The Bertz CT molecular complexity index is 432. The summed E-state index contributed by atoms with van der Waals surface area (Å²) in [5.41, 5.74) is 0.822. The number of Topliss-reactive ketones (excluding diaryl/α,β-unsaturated/α-hetero) is 1. The molecule has 1 aromatic rings. The van der Waals surface area contributed by atoms with Crippen molar-refractivity contribution in [1.82, 2.24) is 0 Å². The lowest BCUT2D eigenvalue weighted by molar-refractivity contribution is 0.0974. The Kier molecular flexibility index (Phi) is 5.90. The summed E-state index contributed by atoms with van der Waals surface area (Å²) in [6.07, 6.45) is 1.24. The van der Waals surface area contributed by atoms with Gasteiger partial charge in [0.1, 0.15) is 11.3 Å². The van der Waals surface area contributed by atoms with E-state index in [0.29, 0.717) is 34.2 Å². The van der Waals surface area contributed by atoms with Crippen molar-refractivity contribution in [1.29, 1.82) is 0 Å². The minimum absolute atomic E-state index is 0.0134. The predicted octanol–water partition coefficient (Wildman–Crippen LogP) is 3.58. The number of carbonyl (C=O) groups excluding carboxylic acids is 1. The SMILES string of the molecule is COc1ccc(Cl)c(OC)c1C(=O)CCC(C)P. The number of carbonyl (C=O) groups is 1. The second kappa shape index (κ2) is 6.96. The second-order valence-electron chi connectivity index (χ2n) is 4.10. The highest BCUT2D eigenvalue weighted by Crippen LogP contribution is 2.36. The highest BCUT2D eigenvalue weighted by atomic mass is 35.5. The van der Waals surface area contributed by atoms with Gasteiger partial charge in [-0.1, -0.05) is 18.5 Å². The molecule has 0 heterocycles.